The van der Waals surface area contributed by atoms with E-state index in [9.17, 15) is 31.2 Å². The van der Waals surface area contributed by atoms with Crippen LogP contribution in [-0.4, -0.2) is 25.1 Å². The van der Waals surface area contributed by atoms with Crippen molar-refractivity contribution in [2.45, 2.75) is 31.5 Å². The van der Waals surface area contributed by atoms with Gasteiger partial charge in [0.25, 0.3) is 11.5 Å². The van der Waals surface area contributed by atoms with E-state index in [4.69, 9.17) is 0 Å². The molecule has 10 heteroatoms. The third-order valence-electron chi connectivity index (χ3n) is 5.02. The van der Waals surface area contributed by atoms with E-state index in [-0.39, 0.29) is 28.4 Å². The van der Waals surface area contributed by atoms with Gasteiger partial charge in [-0.1, -0.05) is 25.1 Å². The highest BCUT2D eigenvalue weighted by Gasteiger charge is 2.31. The minimum absolute atomic E-state index is 0.0555. The van der Waals surface area contributed by atoms with Gasteiger partial charge in [0, 0.05) is 11.4 Å². The van der Waals surface area contributed by atoms with Crippen molar-refractivity contribution < 1.29 is 26.4 Å². The summed E-state index contributed by atoms with van der Waals surface area (Å²) in [6, 6.07) is 12.8. The number of amides is 1. The number of aromatic nitrogens is 1. The standard InChI is InChI=1S/C23H21F3N2O4S/c1-3-33(31,32)19-10-8-16(9-11-19)14-28(18-6-4-5-17(13-18)23(24,25)26)22(30)20-12-7-15(2)27-21(20)29/h4-13H,3,14H2,1-2H3,(H,27,29). The number of rotatable bonds is 6. The van der Waals surface area contributed by atoms with E-state index in [0.29, 0.717) is 11.3 Å². The van der Waals surface area contributed by atoms with Crippen LogP contribution in [0.15, 0.2) is 70.4 Å². The number of halogens is 3. The molecule has 1 N–H and O–H groups in total. The van der Waals surface area contributed by atoms with Crippen molar-refractivity contribution in [3.63, 3.8) is 0 Å². The van der Waals surface area contributed by atoms with Crippen molar-refractivity contribution in [2.24, 2.45) is 0 Å². The molecule has 3 rings (SSSR count). The molecular weight excluding hydrogens is 457 g/mol. The summed E-state index contributed by atoms with van der Waals surface area (Å²) in [5, 5.41) is 0. The molecule has 0 spiro atoms. The van der Waals surface area contributed by atoms with E-state index in [0.717, 1.165) is 17.0 Å². The monoisotopic (exact) mass is 478 g/mol. The van der Waals surface area contributed by atoms with Gasteiger partial charge in [-0.15, -0.1) is 0 Å². The van der Waals surface area contributed by atoms with Crippen LogP contribution in [0.25, 0.3) is 0 Å². The molecule has 174 valence electrons. The fraction of sp³-hybridized carbons (Fsp3) is 0.217. The fourth-order valence-corrected chi connectivity index (χ4v) is 4.05. The van der Waals surface area contributed by atoms with Gasteiger partial charge in [-0.3, -0.25) is 9.59 Å². The minimum Gasteiger partial charge on any atom is -0.326 e. The van der Waals surface area contributed by atoms with Crippen LogP contribution >= 0.6 is 0 Å². The fourth-order valence-electron chi connectivity index (χ4n) is 3.17. The molecule has 0 atom stereocenters. The summed E-state index contributed by atoms with van der Waals surface area (Å²) in [5.41, 5.74) is -0.904. The van der Waals surface area contributed by atoms with E-state index in [2.05, 4.69) is 4.98 Å². The molecule has 0 aliphatic heterocycles. The van der Waals surface area contributed by atoms with Crippen LogP contribution in [0.4, 0.5) is 18.9 Å². The van der Waals surface area contributed by atoms with E-state index in [1.54, 1.807) is 6.92 Å². The lowest BCUT2D eigenvalue weighted by atomic mass is 10.1. The first kappa shape index (κ1) is 24.2. The lowest BCUT2D eigenvalue weighted by Crippen LogP contribution is -2.34. The number of nitrogens with one attached hydrogen (secondary N) is 1. The zero-order chi connectivity index (χ0) is 24.4. The Morgan fingerprint density at radius 1 is 1.03 bits per heavy atom. The van der Waals surface area contributed by atoms with Crippen LogP contribution in [0.1, 0.15) is 34.1 Å². The first-order valence-corrected chi connectivity index (χ1v) is 11.6. The zero-order valence-electron chi connectivity index (χ0n) is 17.8. The van der Waals surface area contributed by atoms with E-state index in [1.807, 2.05) is 0 Å². The number of pyridine rings is 1. The molecule has 1 heterocycles. The maximum atomic E-state index is 13.3. The third kappa shape index (κ3) is 5.51. The van der Waals surface area contributed by atoms with Crippen LogP contribution in [-0.2, 0) is 22.6 Å². The Kier molecular flexibility index (Phi) is 6.78. The van der Waals surface area contributed by atoms with Gasteiger partial charge in [0.1, 0.15) is 5.56 Å². The van der Waals surface area contributed by atoms with Crippen LogP contribution in [0.3, 0.4) is 0 Å². The molecule has 0 aliphatic rings. The topological polar surface area (TPSA) is 87.3 Å². The number of hydrogen-bond acceptors (Lipinski definition) is 4. The summed E-state index contributed by atoms with van der Waals surface area (Å²) >= 11 is 0. The van der Waals surface area contributed by atoms with Crippen molar-refractivity contribution >= 4 is 21.4 Å². The number of anilines is 1. The van der Waals surface area contributed by atoms with Crippen LogP contribution < -0.4 is 10.5 Å². The molecule has 0 fully saturated rings. The van der Waals surface area contributed by atoms with Crippen molar-refractivity contribution in [3.8, 4) is 0 Å². The molecule has 6 nitrogen and oxygen atoms in total. The van der Waals surface area contributed by atoms with Gasteiger partial charge >= 0.3 is 6.18 Å². The van der Waals surface area contributed by atoms with Gasteiger partial charge in [-0.2, -0.15) is 13.2 Å². The number of H-pyrrole nitrogens is 1. The minimum atomic E-state index is -4.62. The first-order valence-electron chi connectivity index (χ1n) is 9.93. The molecule has 1 amide bonds. The predicted molar refractivity (Wildman–Crippen MR) is 118 cm³/mol. The summed E-state index contributed by atoms with van der Waals surface area (Å²) < 4.78 is 63.9. The van der Waals surface area contributed by atoms with Gasteiger partial charge in [0.15, 0.2) is 9.84 Å². The number of hydrogen-bond donors (Lipinski definition) is 1. The molecule has 0 saturated carbocycles. The summed E-state index contributed by atoms with van der Waals surface area (Å²) in [7, 11) is -3.44. The predicted octanol–water partition coefficient (Wildman–Crippen LogP) is 4.34. The molecule has 0 aliphatic carbocycles. The number of alkyl halides is 3. The van der Waals surface area contributed by atoms with Crippen molar-refractivity contribution in [3.05, 3.63) is 93.4 Å². The first-order chi connectivity index (χ1) is 15.4. The van der Waals surface area contributed by atoms with Crippen LogP contribution in [0.5, 0.6) is 0 Å². The highest BCUT2D eigenvalue weighted by atomic mass is 32.2. The summed E-state index contributed by atoms with van der Waals surface area (Å²) in [4.78, 5) is 29.2. The summed E-state index contributed by atoms with van der Waals surface area (Å²) in [6.45, 7) is 2.96. The molecule has 2 aromatic carbocycles. The van der Waals surface area contributed by atoms with E-state index in [1.165, 1.54) is 55.5 Å². The average Bonchev–Trinajstić information content (AvgIpc) is 2.77. The quantitative estimate of drug-likeness (QED) is 0.571. The Labute approximate surface area is 188 Å². The van der Waals surface area contributed by atoms with Crippen molar-refractivity contribution in [1.82, 2.24) is 4.98 Å². The summed E-state index contributed by atoms with van der Waals surface area (Å²) in [5.74, 6) is -0.877. The Hall–Kier alpha value is -3.40. The smallest absolute Gasteiger partial charge is 0.326 e. The Balaban J connectivity index is 2.06. The molecular formula is C23H21F3N2O4S. The number of carbonyl (C=O) groups is 1. The molecule has 0 unspecified atom stereocenters. The van der Waals surface area contributed by atoms with Gasteiger partial charge in [0.2, 0.25) is 0 Å². The number of carbonyl (C=O) groups excluding carboxylic acids is 1. The van der Waals surface area contributed by atoms with Crippen LogP contribution in [0.2, 0.25) is 0 Å². The number of benzene rings is 2. The second-order valence-electron chi connectivity index (χ2n) is 7.37. The number of nitrogens with zero attached hydrogens (tertiary/aromatic N) is 1. The van der Waals surface area contributed by atoms with Gasteiger partial charge < -0.3 is 9.88 Å². The van der Waals surface area contributed by atoms with Crippen LogP contribution in [0, 0.1) is 6.92 Å². The second-order valence-corrected chi connectivity index (χ2v) is 9.65. The van der Waals surface area contributed by atoms with Gasteiger partial charge in [-0.25, -0.2) is 8.42 Å². The lowest BCUT2D eigenvalue weighted by molar-refractivity contribution is -0.137. The van der Waals surface area contributed by atoms with E-state index >= 15 is 0 Å². The largest absolute Gasteiger partial charge is 0.416 e. The van der Waals surface area contributed by atoms with Gasteiger partial charge in [-0.05, 0) is 55.0 Å². The van der Waals surface area contributed by atoms with Gasteiger partial charge in [0.05, 0.1) is 22.8 Å². The Morgan fingerprint density at radius 3 is 2.27 bits per heavy atom. The average molecular weight is 478 g/mol. The Morgan fingerprint density at radius 2 is 1.70 bits per heavy atom. The zero-order valence-corrected chi connectivity index (χ0v) is 18.6. The molecule has 3 aromatic rings. The highest BCUT2D eigenvalue weighted by molar-refractivity contribution is 7.91. The molecule has 1 aromatic heterocycles. The number of aromatic amines is 1. The third-order valence-corrected chi connectivity index (χ3v) is 6.77. The highest BCUT2D eigenvalue weighted by Crippen LogP contribution is 2.32. The molecule has 33 heavy (non-hydrogen) atoms. The summed E-state index contributed by atoms with van der Waals surface area (Å²) in [6.07, 6.45) is -4.62. The molecule has 0 bridgehead atoms. The van der Waals surface area contributed by atoms with Crippen molar-refractivity contribution in [2.75, 3.05) is 10.7 Å². The maximum absolute atomic E-state index is 13.3. The number of aryl methyl sites for hydroxylation is 1. The number of sulfone groups is 1. The Bertz CT molecular complexity index is 1330. The molecule has 0 saturated heterocycles. The van der Waals surface area contributed by atoms with E-state index < -0.39 is 33.0 Å². The second kappa shape index (κ2) is 9.22. The molecule has 0 radical (unpaired) electrons. The maximum Gasteiger partial charge on any atom is 0.416 e. The normalized spacial score (nSPS) is 11.9. The lowest BCUT2D eigenvalue weighted by Gasteiger charge is -2.24. The SMILES string of the molecule is CCS(=O)(=O)c1ccc(CN(C(=O)c2ccc(C)[nH]c2=O)c2cccc(C(F)(F)F)c2)cc1. The van der Waals surface area contributed by atoms with Crippen molar-refractivity contribution in [1.29, 1.82) is 0 Å².